The summed E-state index contributed by atoms with van der Waals surface area (Å²) in [4.78, 5) is 2.56. The lowest BCUT2D eigenvalue weighted by molar-refractivity contribution is 0.250. The Kier molecular flexibility index (Phi) is 2.70. The molecular weight excluding hydrogens is 198 g/mol. The number of hydrogen-bond donors (Lipinski definition) is 0. The number of nitrogens with zero attached hydrogens (tertiary/aromatic N) is 1. The van der Waals surface area contributed by atoms with Gasteiger partial charge in [0.05, 0.1) is 12.2 Å². The Bertz CT molecular complexity index is 345. The molecule has 0 bridgehead atoms. The van der Waals surface area contributed by atoms with Gasteiger partial charge in [0.1, 0.15) is 0 Å². The van der Waals surface area contributed by atoms with E-state index in [9.17, 15) is 0 Å². The highest BCUT2D eigenvalue weighted by Crippen LogP contribution is 2.37. The number of hydrogen-bond acceptors (Lipinski definition) is 2. The van der Waals surface area contributed by atoms with Crippen LogP contribution in [0.15, 0.2) is 30.3 Å². The molecule has 3 rings (SSSR count). The van der Waals surface area contributed by atoms with Crippen molar-refractivity contribution in [2.45, 2.75) is 31.4 Å². The van der Waals surface area contributed by atoms with Crippen LogP contribution in [0.25, 0.3) is 0 Å². The molecule has 16 heavy (non-hydrogen) atoms. The Labute approximate surface area is 97.2 Å². The van der Waals surface area contributed by atoms with Crippen molar-refractivity contribution >= 4 is 0 Å². The van der Waals surface area contributed by atoms with Gasteiger partial charge in [-0.1, -0.05) is 30.3 Å². The van der Waals surface area contributed by atoms with Crippen molar-refractivity contribution in [1.29, 1.82) is 0 Å². The van der Waals surface area contributed by atoms with Crippen molar-refractivity contribution < 1.29 is 4.74 Å². The summed E-state index contributed by atoms with van der Waals surface area (Å²) in [5.41, 5.74) is 1.72. The molecule has 0 amide bonds. The third-order valence-electron chi connectivity index (χ3n) is 3.79. The van der Waals surface area contributed by atoms with Crippen molar-refractivity contribution in [2.75, 3.05) is 19.7 Å². The minimum atomic E-state index is 0.297. The summed E-state index contributed by atoms with van der Waals surface area (Å²) in [5, 5.41) is 0. The first-order chi connectivity index (χ1) is 7.86. The van der Waals surface area contributed by atoms with Crippen molar-refractivity contribution in [3.05, 3.63) is 35.9 Å². The molecular formula is C14H19NO. The molecule has 2 heteroatoms. The molecule has 1 spiro atoms. The number of epoxide rings is 1. The second-order valence-corrected chi connectivity index (χ2v) is 5.09. The minimum Gasteiger partial charge on any atom is -0.370 e. The summed E-state index contributed by atoms with van der Waals surface area (Å²) in [6, 6.07) is 10.8. The zero-order valence-electron chi connectivity index (χ0n) is 9.69. The Morgan fingerprint density at radius 2 is 1.94 bits per heavy atom. The average Bonchev–Trinajstić information content (AvgIpc) is 3.10. The minimum absolute atomic E-state index is 0.297. The quantitative estimate of drug-likeness (QED) is 0.707. The summed E-state index contributed by atoms with van der Waals surface area (Å²) in [7, 11) is 0. The lowest BCUT2D eigenvalue weighted by Gasteiger charge is -2.19. The van der Waals surface area contributed by atoms with E-state index in [4.69, 9.17) is 4.74 Å². The van der Waals surface area contributed by atoms with Gasteiger partial charge in [0.25, 0.3) is 0 Å². The van der Waals surface area contributed by atoms with Crippen LogP contribution in [0.2, 0.25) is 0 Å². The first-order valence-electron chi connectivity index (χ1n) is 6.27. The number of benzene rings is 1. The van der Waals surface area contributed by atoms with E-state index < -0.39 is 0 Å². The Hall–Kier alpha value is -0.860. The summed E-state index contributed by atoms with van der Waals surface area (Å²) < 4.78 is 5.59. The van der Waals surface area contributed by atoms with Crippen LogP contribution < -0.4 is 0 Å². The molecule has 2 nitrogen and oxygen atoms in total. The Balaban J connectivity index is 1.59. The molecule has 1 aromatic carbocycles. The number of ether oxygens (including phenoxy) is 1. The molecule has 1 atom stereocenters. The second-order valence-electron chi connectivity index (χ2n) is 5.09. The van der Waals surface area contributed by atoms with Gasteiger partial charge in [-0.05, 0) is 31.4 Å². The van der Waals surface area contributed by atoms with Crippen LogP contribution in [0.1, 0.15) is 24.8 Å². The smallest absolute Gasteiger partial charge is 0.0929 e. The highest BCUT2D eigenvalue weighted by atomic mass is 16.6. The first-order valence-corrected chi connectivity index (χ1v) is 6.27. The fraction of sp³-hybridized carbons (Fsp3) is 0.571. The van der Waals surface area contributed by atoms with Gasteiger partial charge in [-0.25, -0.2) is 0 Å². The van der Waals surface area contributed by atoms with E-state index in [-0.39, 0.29) is 0 Å². The van der Waals surface area contributed by atoms with Gasteiger partial charge in [-0.15, -0.1) is 0 Å². The van der Waals surface area contributed by atoms with Crippen molar-refractivity contribution in [3.8, 4) is 0 Å². The van der Waals surface area contributed by atoms with Gasteiger partial charge in [-0.2, -0.15) is 0 Å². The van der Waals surface area contributed by atoms with E-state index in [1.165, 1.54) is 37.9 Å². The fourth-order valence-electron chi connectivity index (χ4n) is 2.61. The molecule has 86 valence electrons. The van der Waals surface area contributed by atoms with Crippen LogP contribution in [-0.2, 0) is 11.3 Å². The zero-order valence-corrected chi connectivity index (χ0v) is 9.69. The maximum atomic E-state index is 5.59. The molecule has 0 saturated carbocycles. The largest absolute Gasteiger partial charge is 0.370 e. The third-order valence-corrected chi connectivity index (χ3v) is 3.79. The lowest BCUT2D eigenvalue weighted by atomic mass is 10.0. The molecule has 1 aromatic rings. The summed E-state index contributed by atoms with van der Waals surface area (Å²) >= 11 is 0. The lowest BCUT2D eigenvalue weighted by Crippen LogP contribution is -2.25. The van der Waals surface area contributed by atoms with E-state index in [2.05, 4.69) is 35.2 Å². The first kappa shape index (κ1) is 10.3. The maximum absolute atomic E-state index is 5.59. The SMILES string of the molecule is c1ccc(CN2CCCC3(CC2)CO3)cc1. The topological polar surface area (TPSA) is 15.8 Å². The predicted octanol–water partition coefficient (Wildman–Crippen LogP) is 2.44. The van der Waals surface area contributed by atoms with E-state index in [0.29, 0.717) is 5.60 Å². The standard InChI is InChI=1S/C14H19NO/c1-2-5-13(6-3-1)11-15-9-4-7-14(8-10-15)12-16-14/h1-3,5-6H,4,7-12H2. The summed E-state index contributed by atoms with van der Waals surface area (Å²) in [6.07, 6.45) is 3.77. The monoisotopic (exact) mass is 217 g/mol. The van der Waals surface area contributed by atoms with Crippen molar-refractivity contribution in [3.63, 3.8) is 0 Å². The molecule has 2 fully saturated rings. The van der Waals surface area contributed by atoms with E-state index in [1.807, 2.05) is 0 Å². The third kappa shape index (κ3) is 2.28. The van der Waals surface area contributed by atoms with Crippen LogP contribution in [-0.4, -0.2) is 30.2 Å². The molecule has 2 aliphatic heterocycles. The van der Waals surface area contributed by atoms with Crippen LogP contribution in [0.3, 0.4) is 0 Å². The highest BCUT2D eigenvalue weighted by molar-refractivity contribution is 5.14. The van der Waals surface area contributed by atoms with Crippen LogP contribution in [0.5, 0.6) is 0 Å². The molecule has 1 unspecified atom stereocenters. The zero-order chi connectivity index (χ0) is 10.8. The van der Waals surface area contributed by atoms with Gasteiger partial charge >= 0.3 is 0 Å². The van der Waals surface area contributed by atoms with E-state index in [1.54, 1.807) is 0 Å². The molecule has 0 aromatic heterocycles. The molecule has 2 aliphatic rings. The van der Waals surface area contributed by atoms with E-state index in [0.717, 1.165) is 13.2 Å². The molecule has 0 N–H and O–H groups in total. The normalized spacial score (nSPS) is 30.2. The molecule has 2 heterocycles. The maximum Gasteiger partial charge on any atom is 0.0929 e. The fourth-order valence-corrected chi connectivity index (χ4v) is 2.61. The Morgan fingerprint density at radius 1 is 1.12 bits per heavy atom. The van der Waals surface area contributed by atoms with Crippen molar-refractivity contribution in [1.82, 2.24) is 4.90 Å². The van der Waals surface area contributed by atoms with Crippen molar-refractivity contribution in [2.24, 2.45) is 0 Å². The summed E-state index contributed by atoms with van der Waals surface area (Å²) in [6.45, 7) is 4.51. The van der Waals surface area contributed by atoms with Gasteiger partial charge in [0.15, 0.2) is 0 Å². The average molecular weight is 217 g/mol. The van der Waals surface area contributed by atoms with Gasteiger partial charge in [0, 0.05) is 13.1 Å². The van der Waals surface area contributed by atoms with Gasteiger partial charge < -0.3 is 4.74 Å². The Morgan fingerprint density at radius 3 is 2.69 bits per heavy atom. The molecule has 2 saturated heterocycles. The van der Waals surface area contributed by atoms with Crippen LogP contribution in [0, 0.1) is 0 Å². The highest BCUT2D eigenvalue weighted by Gasteiger charge is 2.44. The van der Waals surface area contributed by atoms with Gasteiger partial charge in [0.2, 0.25) is 0 Å². The predicted molar refractivity (Wildman–Crippen MR) is 64.3 cm³/mol. The van der Waals surface area contributed by atoms with Gasteiger partial charge in [-0.3, -0.25) is 4.90 Å². The summed E-state index contributed by atoms with van der Waals surface area (Å²) in [5.74, 6) is 0. The number of rotatable bonds is 2. The van der Waals surface area contributed by atoms with Crippen LogP contribution in [0.4, 0.5) is 0 Å². The van der Waals surface area contributed by atoms with Crippen LogP contribution >= 0.6 is 0 Å². The van der Waals surface area contributed by atoms with E-state index >= 15 is 0 Å². The molecule has 0 radical (unpaired) electrons. The second kappa shape index (κ2) is 4.19. The number of likely N-dealkylation sites (tertiary alicyclic amines) is 1. The molecule has 0 aliphatic carbocycles.